The molecule has 0 bridgehead atoms. The molecule has 2 aromatic heterocycles. The van der Waals surface area contributed by atoms with E-state index in [0.717, 1.165) is 43.4 Å². The number of carbonyl (C=O) groups excluding carboxylic acids is 1. The van der Waals surface area contributed by atoms with Crippen LogP contribution < -0.4 is 10.6 Å². The standard InChI is InChI=1S/C21H30N6O3S/c1-26-11-8-20(25-26)31(29,30)27-12-6-16(7-13-27)4-2-3-9-23-21(28)19-14-17-15-22-10-5-18(17)24-19/h5,8,10-11,15-16,19,24H,2-4,6-7,9,12-14H2,1H3,(H,23,28). The summed E-state index contributed by atoms with van der Waals surface area (Å²) < 4.78 is 28.4. The number of hydrogen-bond donors (Lipinski definition) is 2. The second-order valence-corrected chi connectivity index (χ2v) is 10.3. The average Bonchev–Trinajstić information content (AvgIpc) is 3.40. The summed E-state index contributed by atoms with van der Waals surface area (Å²) >= 11 is 0. The average molecular weight is 447 g/mol. The van der Waals surface area contributed by atoms with E-state index in [-0.39, 0.29) is 17.0 Å². The Bertz CT molecular complexity index is 989. The van der Waals surface area contributed by atoms with Crippen molar-refractivity contribution < 1.29 is 13.2 Å². The molecule has 0 saturated carbocycles. The van der Waals surface area contributed by atoms with Crippen molar-refractivity contribution in [3.63, 3.8) is 0 Å². The number of aryl methyl sites for hydroxylation is 1. The number of amides is 1. The fraction of sp³-hybridized carbons (Fsp3) is 0.571. The Morgan fingerprint density at radius 1 is 1.26 bits per heavy atom. The Hall–Kier alpha value is -2.46. The normalized spacial score (nSPS) is 19.7. The van der Waals surface area contributed by atoms with Crippen molar-refractivity contribution in [3.05, 3.63) is 36.3 Å². The van der Waals surface area contributed by atoms with E-state index in [1.165, 1.54) is 4.68 Å². The van der Waals surface area contributed by atoms with Crippen LogP contribution in [0.4, 0.5) is 5.69 Å². The van der Waals surface area contributed by atoms with Crippen LogP contribution in [0.2, 0.25) is 0 Å². The van der Waals surface area contributed by atoms with Crippen LogP contribution in [-0.4, -0.2) is 59.1 Å². The monoisotopic (exact) mass is 446 g/mol. The highest BCUT2D eigenvalue weighted by Gasteiger charge is 2.31. The Labute approximate surface area is 183 Å². The van der Waals surface area contributed by atoms with Gasteiger partial charge in [0.05, 0.1) is 0 Å². The molecule has 4 heterocycles. The van der Waals surface area contributed by atoms with Crippen LogP contribution >= 0.6 is 0 Å². The largest absolute Gasteiger partial charge is 0.373 e. The molecule has 31 heavy (non-hydrogen) atoms. The van der Waals surface area contributed by atoms with Crippen molar-refractivity contribution >= 4 is 21.6 Å². The van der Waals surface area contributed by atoms with Crippen molar-refractivity contribution in [1.29, 1.82) is 0 Å². The van der Waals surface area contributed by atoms with E-state index in [0.29, 0.717) is 32.0 Å². The lowest BCUT2D eigenvalue weighted by molar-refractivity contribution is -0.121. The van der Waals surface area contributed by atoms with Gasteiger partial charge in [-0.2, -0.15) is 9.40 Å². The van der Waals surface area contributed by atoms with Gasteiger partial charge < -0.3 is 10.6 Å². The maximum atomic E-state index is 12.7. The van der Waals surface area contributed by atoms with Crippen molar-refractivity contribution in [2.24, 2.45) is 13.0 Å². The minimum absolute atomic E-state index is 0.0317. The van der Waals surface area contributed by atoms with E-state index in [4.69, 9.17) is 0 Å². The van der Waals surface area contributed by atoms with E-state index in [2.05, 4.69) is 20.7 Å². The molecule has 0 spiro atoms. The van der Waals surface area contributed by atoms with Gasteiger partial charge >= 0.3 is 0 Å². The first kappa shape index (κ1) is 21.8. The van der Waals surface area contributed by atoms with Crippen LogP contribution in [0.15, 0.2) is 35.7 Å². The van der Waals surface area contributed by atoms with Gasteiger partial charge in [-0.05, 0) is 42.9 Å². The van der Waals surface area contributed by atoms with Gasteiger partial charge in [0.15, 0.2) is 5.03 Å². The summed E-state index contributed by atoms with van der Waals surface area (Å²) in [5.41, 5.74) is 2.07. The molecule has 9 nitrogen and oxygen atoms in total. The number of sulfonamides is 1. The van der Waals surface area contributed by atoms with Crippen LogP contribution in [0.1, 0.15) is 37.7 Å². The van der Waals surface area contributed by atoms with E-state index < -0.39 is 10.0 Å². The highest BCUT2D eigenvalue weighted by atomic mass is 32.2. The van der Waals surface area contributed by atoms with Gasteiger partial charge in [-0.1, -0.05) is 12.8 Å². The minimum Gasteiger partial charge on any atom is -0.373 e. The zero-order valence-electron chi connectivity index (χ0n) is 17.8. The summed E-state index contributed by atoms with van der Waals surface area (Å²) in [5, 5.41) is 10.4. The van der Waals surface area contributed by atoms with Gasteiger partial charge in [0, 0.05) is 57.4 Å². The SMILES string of the molecule is Cn1ccc(S(=O)(=O)N2CCC(CCCCNC(=O)C3Cc4cnccc4N3)CC2)n1. The lowest BCUT2D eigenvalue weighted by Crippen LogP contribution is -2.39. The molecular weight excluding hydrogens is 416 g/mol. The highest BCUT2D eigenvalue weighted by Crippen LogP contribution is 2.26. The van der Waals surface area contributed by atoms with Crippen LogP contribution in [0.5, 0.6) is 0 Å². The first-order valence-electron chi connectivity index (χ1n) is 10.9. The second kappa shape index (κ2) is 9.35. The molecule has 0 radical (unpaired) electrons. The summed E-state index contributed by atoms with van der Waals surface area (Å²) in [5.74, 6) is 0.564. The third-order valence-electron chi connectivity index (χ3n) is 6.18. The van der Waals surface area contributed by atoms with Gasteiger partial charge in [0.2, 0.25) is 5.91 Å². The zero-order valence-corrected chi connectivity index (χ0v) is 18.6. The van der Waals surface area contributed by atoms with Gasteiger partial charge in [0.25, 0.3) is 10.0 Å². The van der Waals surface area contributed by atoms with E-state index in [9.17, 15) is 13.2 Å². The smallest absolute Gasteiger partial charge is 0.262 e. The van der Waals surface area contributed by atoms with Crippen molar-refractivity contribution in [1.82, 2.24) is 24.4 Å². The summed E-state index contributed by atoms with van der Waals surface area (Å²) in [7, 11) is -1.77. The molecule has 1 unspecified atom stereocenters. The molecule has 0 aliphatic carbocycles. The number of hydrogen-bond acceptors (Lipinski definition) is 6. The molecule has 1 saturated heterocycles. The number of aromatic nitrogens is 3. The molecule has 2 N–H and O–H groups in total. The van der Waals surface area contributed by atoms with Crippen LogP contribution in [0.25, 0.3) is 0 Å². The van der Waals surface area contributed by atoms with E-state index in [1.54, 1.807) is 29.8 Å². The predicted octanol–water partition coefficient (Wildman–Crippen LogP) is 1.54. The maximum absolute atomic E-state index is 12.7. The zero-order chi connectivity index (χ0) is 21.8. The van der Waals surface area contributed by atoms with Gasteiger partial charge in [-0.3, -0.25) is 14.5 Å². The number of rotatable bonds is 8. The number of carbonyl (C=O) groups is 1. The molecule has 1 fully saturated rings. The summed E-state index contributed by atoms with van der Waals surface area (Å²) in [4.78, 5) is 16.5. The molecular formula is C21H30N6O3S. The molecule has 4 rings (SSSR count). The highest BCUT2D eigenvalue weighted by molar-refractivity contribution is 7.89. The second-order valence-electron chi connectivity index (χ2n) is 8.40. The Balaban J connectivity index is 1.12. The fourth-order valence-corrected chi connectivity index (χ4v) is 5.76. The van der Waals surface area contributed by atoms with Crippen molar-refractivity contribution in [3.8, 4) is 0 Å². The maximum Gasteiger partial charge on any atom is 0.262 e. The first-order chi connectivity index (χ1) is 14.9. The molecule has 10 heteroatoms. The van der Waals surface area contributed by atoms with Gasteiger partial charge in [0.1, 0.15) is 6.04 Å². The van der Waals surface area contributed by atoms with Gasteiger partial charge in [-0.25, -0.2) is 8.42 Å². The van der Waals surface area contributed by atoms with Crippen LogP contribution in [0.3, 0.4) is 0 Å². The van der Waals surface area contributed by atoms with Crippen LogP contribution in [-0.2, 0) is 28.3 Å². The number of pyridine rings is 1. The van der Waals surface area contributed by atoms with Crippen molar-refractivity contribution in [2.45, 2.75) is 49.6 Å². The Morgan fingerprint density at radius 3 is 2.77 bits per heavy atom. The number of nitrogens with one attached hydrogen (secondary N) is 2. The Morgan fingerprint density at radius 2 is 2.06 bits per heavy atom. The third kappa shape index (κ3) is 5.07. The number of piperidine rings is 1. The molecule has 0 aromatic carbocycles. The minimum atomic E-state index is -3.49. The first-order valence-corrected chi connectivity index (χ1v) is 12.3. The summed E-state index contributed by atoms with van der Waals surface area (Å²) in [6, 6.07) is 3.23. The summed E-state index contributed by atoms with van der Waals surface area (Å²) in [6.45, 7) is 1.75. The number of nitrogens with zero attached hydrogens (tertiary/aromatic N) is 4. The third-order valence-corrected chi connectivity index (χ3v) is 7.97. The summed E-state index contributed by atoms with van der Waals surface area (Å²) in [6.07, 6.45) is 10.6. The molecule has 1 amide bonds. The quantitative estimate of drug-likeness (QED) is 0.596. The fourth-order valence-electron chi connectivity index (χ4n) is 4.34. The number of unbranched alkanes of at least 4 members (excludes halogenated alkanes) is 1. The Kier molecular flexibility index (Phi) is 6.57. The lowest BCUT2D eigenvalue weighted by Gasteiger charge is -2.30. The molecule has 1 atom stereocenters. The molecule has 168 valence electrons. The van der Waals surface area contributed by atoms with Crippen molar-refractivity contribution in [2.75, 3.05) is 25.0 Å². The van der Waals surface area contributed by atoms with E-state index in [1.807, 2.05) is 12.3 Å². The van der Waals surface area contributed by atoms with E-state index >= 15 is 0 Å². The molecule has 2 aliphatic rings. The van der Waals surface area contributed by atoms with Crippen LogP contribution in [0, 0.1) is 5.92 Å². The lowest BCUT2D eigenvalue weighted by atomic mass is 9.92. The number of anilines is 1. The molecule has 2 aromatic rings. The topological polar surface area (TPSA) is 109 Å². The predicted molar refractivity (Wildman–Crippen MR) is 117 cm³/mol. The number of fused-ring (bicyclic) bond motifs is 1. The van der Waals surface area contributed by atoms with Gasteiger partial charge in [-0.15, -0.1) is 0 Å². The molecule has 2 aliphatic heterocycles.